The van der Waals surface area contributed by atoms with Crippen molar-refractivity contribution in [2.24, 2.45) is 0 Å². The fraction of sp³-hybridized carbons (Fsp3) is 0.214. The Morgan fingerprint density at radius 2 is 2.20 bits per heavy atom. The molecular weight excluding hydrogens is 276 g/mol. The summed E-state index contributed by atoms with van der Waals surface area (Å²) in [6, 6.07) is 7.64. The molecule has 0 aliphatic heterocycles. The average molecular weight is 291 g/mol. The standard InChI is InChI=1S/C14H15ClN4O/c1-10(20)17-13-7-16-8-14(18-13)19(2)9-11-4-3-5-12(15)6-11/h3-8H,9H2,1-2H3,(H,17,18,20). The highest BCUT2D eigenvalue weighted by molar-refractivity contribution is 6.30. The maximum Gasteiger partial charge on any atom is 0.222 e. The number of carbonyl (C=O) groups excluding carboxylic acids is 1. The molecule has 0 saturated carbocycles. The summed E-state index contributed by atoms with van der Waals surface area (Å²) in [5.41, 5.74) is 1.08. The molecule has 0 aliphatic rings. The van der Waals surface area contributed by atoms with E-state index < -0.39 is 0 Å². The van der Waals surface area contributed by atoms with Gasteiger partial charge in [-0.15, -0.1) is 0 Å². The minimum absolute atomic E-state index is 0.172. The number of benzene rings is 1. The number of rotatable bonds is 4. The predicted molar refractivity (Wildman–Crippen MR) is 79.9 cm³/mol. The second-order valence-electron chi connectivity index (χ2n) is 4.43. The molecule has 0 spiro atoms. The first kappa shape index (κ1) is 14.3. The lowest BCUT2D eigenvalue weighted by Crippen LogP contribution is -2.19. The Morgan fingerprint density at radius 3 is 2.90 bits per heavy atom. The van der Waals surface area contributed by atoms with Gasteiger partial charge < -0.3 is 10.2 Å². The first-order valence-electron chi connectivity index (χ1n) is 6.10. The molecular formula is C14H15ClN4O. The topological polar surface area (TPSA) is 58.1 Å². The lowest BCUT2D eigenvalue weighted by atomic mass is 10.2. The summed E-state index contributed by atoms with van der Waals surface area (Å²) in [5, 5.41) is 3.32. The van der Waals surface area contributed by atoms with Gasteiger partial charge in [0.2, 0.25) is 5.91 Å². The minimum Gasteiger partial charge on any atom is -0.354 e. The Balaban J connectivity index is 2.12. The van der Waals surface area contributed by atoms with Crippen LogP contribution in [0.5, 0.6) is 0 Å². The lowest BCUT2D eigenvalue weighted by molar-refractivity contribution is -0.114. The van der Waals surface area contributed by atoms with E-state index in [4.69, 9.17) is 11.6 Å². The number of hydrogen-bond acceptors (Lipinski definition) is 4. The number of hydrogen-bond donors (Lipinski definition) is 1. The van der Waals surface area contributed by atoms with E-state index in [1.54, 1.807) is 6.20 Å². The summed E-state index contributed by atoms with van der Waals surface area (Å²) in [7, 11) is 1.91. The Bertz CT molecular complexity index is 618. The minimum atomic E-state index is -0.172. The van der Waals surface area contributed by atoms with E-state index >= 15 is 0 Å². The molecule has 0 saturated heterocycles. The number of nitrogens with one attached hydrogen (secondary N) is 1. The molecule has 1 amide bonds. The van der Waals surface area contributed by atoms with Crippen molar-refractivity contribution in [1.82, 2.24) is 9.97 Å². The monoisotopic (exact) mass is 290 g/mol. The molecule has 104 valence electrons. The third-order valence-corrected chi connectivity index (χ3v) is 2.86. The zero-order valence-electron chi connectivity index (χ0n) is 11.3. The molecule has 1 aromatic heterocycles. The molecule has 0 aliphatic carbocycles. The largest absolute Gasteiger partial charge is 0.354 e. The first-order valence-corrected chi connectivity index (χ1v) is 6.47. The van der Waals surface area contributed by atoms with Gasteiger partial charge >= 0.3 is 0 Å². The summed E-state index contributed by atoms with van der Waals surface area (Å²) < 4.78 is 0. The highest BCUT2D eigenvalue weighted by atomic mass is 35.5. The highest BCUT2D eigenvalue weighted by Gasteiger charge is 2.06. The number of amides is 1. The van der Waals surface area contributed by atoms with E-state index in [-0.39, 0.29) is 5.91 Å². The zero-order valence-corrected chi connectivity index (χ0v) is 12.1. The van der Waals surface area contributed by atoms with Gasteiger partial charge in [-0.05, 0) is 17.7 Å². The lowest BCUT2D eigenvalue weighted by Gasteiger charge is -2.18. The van der Waals surface area contributed by atoms with Gasteiger partial charge in [0, 0.05) is 25.5 Å². The van der Waals surface area contributed by atoms with Crippen molar-refractivity contribution in [2.75, 3.05) is 17.3 Å². The SMILES string of the molecule is CC(=O)Nc1cncc(N(C)Cc2cccc(Cl)c2)n1. The maximum absolute atomic E-state index is 11.0. The molecule has 0 fully saturated rings. The van der Waals surface area contributed by atoms with Gasteiger partial charge in [-0.25, -0.2) is 4.98 Å². The van der Waals surface area contributed by atoms with Crippen LogP contribution in [0.4, 0.5) is 11.6 Å². The summed E-state index contributed by atoms with van der Waals surface area (Å²) in [6.07, 6.45) is 3.16. The number of nitrogens with zero attached hydrogens (tertiary/aromatic N) is 3. The third kappa shape index (κ3) is 3.93. The molecule has 2 aromatic rings. The Labute approximate surface area is 122 Å². The Morgan fingerprint density at radius 1 is 1.40 bits per heavy atom. The second-order valence-corrected chi connectivity index (χ2v) is 4.87. The van der Waals surface area contributed by atoms with Crippen LogP contribution in [0.1, 0.15) is 12.5 Å². The molecule has 1 aromatic carbocycles. The highest BCUT2D eigenvalue weighted by Crippen LogP contribution is 2.16. The molecule has 20 heavy (non-hydrogen) atoms. The van der Waals surface area contributed by atoms with Crippen molar-refractivity contribution in [3.8, 4) is 0 Å². The summed E-state index contributed by atoms with van der Waals surface area (Å²) in [6.45, 7) is 2.09. The van der Waals surface area contributed by atoms with Crippen molar-refractivity contribution in [1.29, 1.82) is 0 Å². The number of anilines is 2. The van der Waals surface area contributed by atoms with Crippen molar-refractivity contribution in [3.05, 3.63) is 47.2 Å². The van der Waals surface area contributed by atoms with Gasteiger partial charge in [0.15, 0.2) is 5.82 Å². The normalized spacial score (nSPS) is 10.2. The molecule has 5 nitrogen and oxygen atoms in total. The van der Waals surface area contributed by atoms with Crippen LogP contribution in [0.2, 0.25) is 5.02 Å². The van der Waals surface area contributed by atoms with Gasteiger partial charge in [-0.3, -0.25) is 9.78 Å². The summed E-state index contributed by atoms with van der Waals surface area (Å²) >= 11 is 5.96. The average Bonchev–Trinajstić information content (AvgIpc) is 2.38. The van der Waals surface area contributed by atoms with Crippen LogP contribution in [0.15, 0.2) is 36.7 Å². The Kier molecular flexibility index (Phi) is 4.53. The van der Waals surface area contributed by atoms with Crippen LogP contribution in [0.25, 0.3) is 0 Å². The van der Waals surface area contributed by atoms with Gasteiger partial charge in [-0.1, -0.05) is 23.7 Å². The van der Waals surface area contributed by atoms with Crippen LogP contribution < -0.4 is 10.2 Å². The molecule has 2 rings (SSSR count). The van der Waals surface area contributed by atoms with Gasteiger partial charge in [0.25, 0.3) is 0 Å². The van der Waals surface area contributed by atoms with Crippen molar-refractivity contribution >= 4 is 29.1 Å². The first-order chi connectivity index (χ1) is 9.54. The van der Waals surface area contributed by atoms with Gasteiger partial charge in [0.1, 0.15) is 5.82 Å². The van der Waals surface area contributed by atoms with Crippen LogP contribution >= 0.6 is 11.6 Å². The smallest absolute Gasteiger partial charge is 0.222 e. The second kappa shape index (κ2) is 6.34. The van der Waals surface area contributed by atoms with E-state index in [0.29, 0.717) is 23.2 Å². The van der Waals surface area contributed by atoms with Crippen LogP contribution in [-0.2, 0) is 11.3 Å². The van der Waals surface area contributed by atoms with Gasteiger partial charge in [0.05, 0.1) is 12.4 Å². The van der Waals surface area contributed by atoms with E-state index in [1.165, 1.54) is 13.1 Å². The van der Waals surface area contributed by atoms with E-state index in [9.17, 15) is 4.79 Å². The van der Waals surface area contributed by atoms with E-state index in [0.717, 1.165) is 5.56 Å². The molecule has 1 heterocycles. The number of carbonyl (C=O) groups is 1. The molecule has 0 bridgehead atoms. The van der Waals surface area contributed by atoms with E-state index in [2.05, 4.69) is 15.3 Å². The van der Waals surface area contributed by atoms with Crippen LogP contribution in [0, 0.1) is 0 Å². The number of aromatic nitrogens is 2. The van der Waals surface area contributed by atoms with Gasteiger partial charge in [-0.2, -0.15) is 0 Å². The zero-order chi connectivity index (χ0) is 14.5. The van der Waals surface area contributed by atoms with Crippen LogP contribution in [0.3, 0.4) is 0 Å². The fourth-order valence-electron chi connectivity index (χ4n) is 1.77. The maximum atomic E-state index is 11.0. The number of halogens is 1. The quantitative estimate of drug-likeness (QED) is 0.940. The molecule has 1 N–H and O–H groups in total. The van der Waals surface area contributed by atoms with Crippen LogP contribution in [-0.4, -0.2) is 22.9 Å². The summed E-state index contributed by atoms with van der Waals surface area (Å²) in [4.78, 5) is 21.4. The predicted octanol–water partition coefficient (Wildman–Crippen LogP) is 2.72. The molecule has 0 atom stereocenters. The molecule has 0 radical (unpaired) electrons. The van der Waals surface area contributed by atoms with Crippen molar-refractivity contribution < 1.29 is 4.79 Å². The third-order valence-electron chi connectivity index (χ3n) is 2.63. The van der Waals surface area contributed by atoms with E-state index in [1.807, 2.05) is 36.2 Å². The van der Waals surface area contributed by atoms with Crippen molar-refractivity contribution in [3.63, 3.8) is 0 Å². The Hall–Kier alpha value is -2.14. The molecule has 6 heteroatoms. The molecule has 0 unspecified atom stereocenters. The fourth-order valence-corrected chi connectivity index (χ4v) is 1.98. The van der Waals surface area contributed by atoms with Crippen molar-refractivity contribution in [2.45, 2.75) is 13.5 Å². The summed E-state index contributed by atoms with van der Waals surface area (Å²) in [5.74, 6) is 0.943.